The largest absolute Gasteiger partial charge is 0.341 e. The van der Waals surface area contributed by atoms with Gasteiger partial charge in [-0.25, -0.2) is 13.1 Å². The van der Waals surface area contributed by atoms with Gasteiger partial charge in [0.2, 0.25) is 15.9 Å². The first-order chi connectivity index (χ1) is 10.3. The van der Waals surface area contributed by atoms with E-state index in [0.717, 1.165) is 6.26 Å². The molecule has 0 aromatic carbocycles. The van der Waals surface area contributed by atoms with Crippen LogP contribution < -0.4 is 4.72 Å². The molecule has 1 N–H and O–H groups in total. The van der Waals surface area contributed by atoms with Gasteiger partial charge in [0.25, 0.3) is 0 Å². The lowest BCUT2D eigenvalue weighted by Gasteiger charge is -2.21. The summed E-state index contributed by atoms with van der Waals surface area (Å²) < 4.78 is 27.4. The van der Waals surface area contributed by atoms with Gasteiger partial charge < -0.3 is 9.47 Å². The van der Waals surface area contributed by atoms with Crippen LogP contribution in [0.3, 0.4) is 0 Å². The monoisotopic (exact) mass is 329 g/mol. The Kier molecular flexibility index (Phi) is 5.17. The Bertz CT molecular complexity index is 599. The minimum absolute atomic E-state index is 0.0251. The number of nitrogens with zero attached hydrogens (tertiary/aromatic N) is 4. The maximum atomic E-state index is 12.3. The molecule has 124 valence electrons. The van der Waals surface area contributed by atoms with Crippen molar-refractivity contribution in [1.82, 2.24) is 24.4 Å². The number of aromatic nitrogens is 3. The second kappa shape index (κ2) is 6.74. The summed E-state index contributed by atoms with van der Waals surface area (Å²) in [6, 6.07) is -0.214. The van der Waals surface area contributed by atoms with Crippen molar-refractivity contribution in [2.75, 3.05) is 19.3 Å². The number of aryl methyl sites for hydroxylation is 1. The van der Waals surface area contributed by atoms with Crippen LogP contribution in [0.5, 0.6) is 0 Å². The van der Waals surface area contributed by atoms with Gasteiger partial charge in [-0.05, 0) is 11.8 Å². The number of carbonyl (C=O) groups excluding carboxylic acids is 1. The van der Waals surface area contributed by atoms with Gasteiger partial charge in [-0.15, -0.1) is 10.2 Å². The van der Waals surface area contributed by atoms with Crippen LogP contribution in [0.1, 0.15) is 20.3 Å². The number of carbonyl (C=O) groups is 1. The van der Waals surface area contributed by atoms with Gasteiger partial charge in [0.15, 0.2) is 0 Å². The Hall–Kier alpha value is -1.48. The van der Waals surface area contributed by atoms with E-state index >= 15 is 0 Å². The van der Waals surface area contributed by atoms with E-state index in [1.807, 2.05) is 13.8 Å². The minimum Gasteiger partial charge on any atom is -0.341 e. The minimum atomic E-state index is -3.28. The summed E-state index contributed by atoms with van der Waals surface area (Å²) >= 11 is 0. The average Bonchev–Trinajstić information content (AvgIpc) is 3.02. The molecule has 0 spiro atoms. The Morgan fingerprint density at radius 2 is 1.95 bits per heavy atom. The van der Waals surface area contributed by atoms with Crippen LogP contribution >= 0.6 is 0 Å². The Morgan fingerprint density at radius 3 is 2.50 bits per heavy atom. The standard InChI is InChI=1S/C13H23N5O3S/c1-10(2)11-6-18(7-12(11)16-22(3,20)21)13(19)4-5-17-8-14-15-9-17/h8-12,16H,4-7H2,1-3H3/t11-,12+/m0/s1. The van der Waals surface area contributed by atoms with Crippen LogP contribution in [0.4, 0.5) is 0 Å². The summed E-state index contributed by atoms with van der Waals surface area (Å²) in [5.41, 5.74) is 0. The molecule has 1 aliphatic rings. The summed E-state index contributed by atoms with van der Waals surface area (Å²) in [4.78, 5) is 14.1. The predicted octanol–water partition coefficient (Wildman–Crippen LogP) is -0.300. The molecule has 1 aliphatic heterocycles. The molecule has 0 bridgehead atoms. The molecule has 22 heavy (non-hydrogen) atoms. The number of amides is 1. The molecular formula is C13H23N5O3S. The van der Waals surface area contributed by atoms with E-state index in [1.165, 1.54) is 0 Å². The second-order valence-electron chi connectivity index (χ2n) is 6.15. The zero-order valence-corrected chi connectivity index (χ0v) is 14.0. The van der Waals surface area contributed by atoms with Crippen molar-refractivity contribution in [1.29, 1.82) is 0 Å². The predicted molar refractivity (Wildman–Crippen MR) is 81.3 cm³/mol. The molecule has 2 rings (SSSR count). The summed E-state index contributed by atoms with van der Waals surface area (Å²) in [5.74, 6) is 0.459. The quantitative estimate of drug-likeness (QED) is 0.773. The number of hydrogen-bond acceptors (Lipinski definition) is 5. The first-order valence-corrected chi connectivity index (χ1v) is 9.23. The molecular weight excluding hydrogens is 306 g/mol. The van der Waals surface area contributed by atoms with Crippen molar-refractivity contribution >= 4 is 15.9 Å². The third kappa shape index (κ3) is 4.51. The number of hydrogen-bond donors (Lipinski definition) is 1. The molecule has 1 saturated heterocycles. The van der Waals surface area contributed by atoms with Crippen molar-refractivity contribution in [3.63, 3.8) is 0 Å². The van der Waals surface area contributed by atoms with Gasteiger partial charge in [0.05, 0.1) is 6.26 Å². The van der Waals surface area contributed by atoms with E-state index < -0.39 is 10.0 Å². The fourth-order valence-corrected chi connectivity index (χ4v) is 3.63. The lowest BCUT2D eigenvalue weighted by atomic mass is 9.92. The van der Waals surface area contributed by atoms with Crippen LogP contribution in [0.25, 0.3) is 0 Å². The zero-order valence-electron chi connectivity index (χ0n) is 13.1. The molecule has 0 saturated carbocycles. The molecule has 2 atom stereocenters. The average molecular weight is 329 g/mol. The third-order valence-corrected chi connectivity index (χ3v) is 4.72. The summed E-state index contributed by atoms with van der Waals surface area (Å²) in [7, 11) is -3.28. The van der Waals surface area contributed by atoms with Gasteiger partial charge in [-0.3, -0.25) is 4.79 Å². The Balaban J connectivity index is 1.95. The van der Waals surface area contributed by atoms with E-state index in [1.54, 1.807) is 22.1 Å². The third-order valence-electron chi connectivity index (χ3n) is 3.99. The van der Waals surface area contributed by atoms with E-state index in [-0.39, 0.29) is 17.9 Å². The second-order valence-corrected chi connectivity index (χ2v) is 7.93. The maximum absolute atomic E-state index is 12.3. The first-order valence-electron chi connectivity index (χ1n) is 7.34. The lowest BCUT2D eigenvalue weighted by Crippen LogP contribution is -2.41. The Morgan fingerprint density at radius 1 is 1.32 bits per heavy atom. The van der Waals surface area contributed by atoms with Crippen molar-refractivity contribution in [2.45, 2.75) is 32.9 Å². The van der Waals surface area contributed by atoms with Crippen molar-refractivity contribution in [3.8, 4) is 0 Å². The van der Waals surface area contributed by atoms with Crippen molar-refractivity contribution < 1.29 is 13.2 Å². The molecule has 0 aliphatic carbocycles. The smallest absolute Gasteiger partial charge is 0.224 e. The highest BCUT2D eigenvalue weighted by atomic mass is 32.2. The highest BCUT2D eigenvalue weighted by Crippen LogP contribution is 2.25. The molecule has 1 fully saturated rings. The van der Waals surface area contributed by atoms with Crippen LogP contribution in [0.15, 0.2) is 12.7 Å². The Labute approximate surface area is 130 Å². The summed E-state index contributed by atoms with van der Waals surface area (Å²) in [6.07, 6.45) is 4.65. The highest BCUT2D eigenvalue weighted by molar-refractivity contribution is 7.88. The molecule has 8 nitrogen and oxygen atoms in total. The molecule has 1 amide bonds. The fraction of sp³-hybridized carbons (Fsp3) is 0.769. The molecule has 0 unspecified atom stereocenters. The van der Waals surface area contributed by atoms with E-state index in [2.05, 4.69) is 14.9 Å². The summed E-state index contributed by atoms with van der Waals surface area (Å²) in [6.45, 7) is 5.64. The van der Waals surface area contributed by atoms with Crippen LogP contribution in [0, 0.1) is 11.8 Å². The topological polar surface area (TPSA) is 97.2 Å². The maximum Gasteiger partial charge on any atom is 0.224 e. The van der Waals surface area contributed by atoms with Crippen molar-refractivity contribution in [3.05, 3.63) is 12.7 Å². The zero-order chi connectivity index (χ0) is 16.3. The molecule has 1 aromatic rings. The molecule has 0 radical (unpaired) electrons. The van der Waals surface area contributed by atoms with Gasteiger partial charge in [0, 0.05) is 32.1 Å². The highest BCUT2D eigenvalue weighted by Gasteiger charge is 2.37. The van der Waals surface area contributed by atoms with Crippen LogP contribution in [0.2, 0.25) is 0 Å². The molecule has 9 heteroatoms. The van der Waals surface area contributed by atoms with Gasteiger partial charge in [0.1, 0.15) is 12.7 Å². The number of sulfonamides is 1. The molecule has 1 aromatic heterocycles. The number of likely N-dealkylation sites (tertiary alicyclic amines) is 1. The first kappa shape index (κ1) is 16.9. The van der Waals surface area contributed by atoms with Gasteiger partial charge >= 0.3 is 0 Å². The molecule has 2 heterocycles. The van der Waals surface area contributed by atoms with E-state index in [9.17, 15) is 13.2 Å². The van der Waals surface area contributed by atoms with Gasteiger partial charge in [-0.2, -0.15) is 0 Å². The summed E-state index contributed by atoms with van der Waals surface area (Å²) in [5, 5.41) is 7.39. The normalized spacial score (nSPS) is 22.5. The fourth-order valence-electron chi connectivity index (χ4n) is 2.83. The number of nitrogens with one attached hydrogen (secondary N) is 1. The van der Waals surface area contributed by atoms with E-state index in [4.69, 9.17) is 0 Å². The van der Waals surface area contributed by atoms with Gasteiger partial charge in [-0.1, -0.05) is 13.8 Å². The van der Waals surface area contributed by atoms with Crippen LogP contribution in [-0.2, 0) is 21.4 Å². The van der Waals surface area contributed by atoms with Crippen LogP contribution in [-0.4, -0.2) is 59.4 Å². The SMILES string of the molecule is CC(C)[C@@H]1CN(C(=O)CCn2cnnc2)C[C@H]1NS(C)(=O)=O. The van der Waals surface area contributed by atoms with E-state index in [0.29, 0.717) is 32.0 Å². The van der Waals surface area contributed by atoms with Crippen molar-refractivity contribution in [2.24, 2.45) is 11.8 Å². The lowest BCUT2D eigenvalue weighted by molar-refractivity contribution is -0.130. The number of rotatable bonds is 6.